The Morgan fingerprint density at radius 2 is 2.12 bits per heavy atom. The summed E-state index contributed by atoms with van der Waals surface area (Å²) in [6, 6.07) is 2.02. The molecule has 0 unspecified atom stereocenters. The van der Waals surface area contributed by atoms with Gasteiger partial charge in [-0.25, -0.2) is 13.8 Å². The van der Waals surface area contributed by atoms with E-state index in [2.05, 4.69) is 4.98 Å². The average Bonchev–Trinajstić information content (AvgIpc) is 2.31. The van der Waals surface area contributed by atoms with Crippen molar-refractivity contribution in [2.24, 2.45) is 0 Å². The molecule has 1 aliphatic rings. The highest BCUT2D eigenvalue weighted by Crippen LogP contribution is 2.30. The molecule has 0 saturated heterocycles. The summed E-state index contributed by atoms with van der Waals surface area (Å²) in [7, 11) is 0. The Morgan fingerprint density at radius 3 is 2.94 bits per heavy atom. The monoisotopic (exact) mass is 236 g/mol. The van der Waals surface area contributed by atoms with Gasteiger partial charge in [0.15, 0.2) is 5.82 Å². The second-order valence-corrected chi connectivity index (χ2v) is 4.04. The second-order valence-electron chi connectivity index (χ2n) is 4.04. The molecule has 0 aliphatic carbocycles. The van der Waals surface area contributed by atoms with Crippen LogP contribution in [0.25, 0.3) is 10.9 Å². The minimum Gasteiger partial charge on any atom is -0.398 e. The number of hydrogen-bond donors (Lipinski definition) is 1. The Balaban J connectivity index is 2.40. The van der Waals surface area contributed by atoms with Crippen molar-refractivity contribution in [3.8, 4) is 0 Å². The lowest BCUT2D eigenvalue weighted by Gasteiger charge is -2.19. The second kappa shape index (κ2) is 3.63. The molecule has 0 spiro atoms. The fourth-order valence-electron chi connectivity index (χ4n) is 2.12. The van der Waals surface area contributed by atoms with E-state index in [1.165, 1.54) is 6.07 Å². The van der Waals surface area contributed by atoms with Gasteiger partial charge in [-0.15, -0.1) is 0 Å². The van der Waals surface area contributed by atoms with Gasteiger partial charge in [0.2, 0.25) is 0 Å². The van der Waals surface area contributed by atoms with Gasteiger partial charge in [-0.1, -0.05) is 0 Å². The van der Waals surface area contributed by atoms with E-state index in [0.717, 1.165) is 17.3 Å². The van der Waals surface area contributed by atoms with E-state index in [4.69, 9.17) is 10.5 Å². The molecule has 1 aliphatic heterocycles. The van der Waals surface area contributed by atoms with E-state index in [1.54, 1.807) is 0 Å². The third kappa shape index (κ3) is 1.54. The SMILES string of the molecule is Nc1c2c(nc3c(F)cc(F)cc13)CCOC2. The van der Waals surface area contributed by atoms with E-state index in [1.807, 2.05) is 0 Å². The Labute approximate surface area is 96.2 Å². The summed E-state index contributed by atoms with van der Waals surface area (Å²) >= 11 is 0. The van der Waals surface area contributed by atoms with Gasteiger partial charge in [0.25, 0.3) is 0 Å². The molecule has 3 rings (SSSR count). The number of nitrogen functional groups attached to an aromatic ring is 1. The summed E-state index contributed by atoms with van der Waals surface area (Å²) in [5.41, 5.74) is 7.90. The van der Waals surface area contributed by atoms with Crippen molar-refractivity contribution in [3.63, 3.8) is 0 Å². The number of aromatic nitrogens is 1. The first-order valence-corrected chi connectivity index (χ1v) is 5.30. The minimum atomic E-state index is -0.680. The molecular formula is C12H10F2N2O. The molecule has 0 radical (unpaired) electrons. The number of fused-ring (bicyclic) bond motifs is 2. The molecule has 2 aromatic rings. The summed E-state index contributed by atoms with van der Waals surface area (Å²) in [4.78, 5) is 4.22. The standard InChI is InChI=1S/C12H10F2N2O/c13-6-3-7-11(15)8-5-17-2-1-10(8)16-12(7)9(14)4-6/h3-4H,1-2,5H2,(H2,15,16). The molecule has 5 heteroatoms. The van der Waals surface area contributed by atoms with E-state index >= 15 is 0 Å². The number of pyridine rings is 1. The van der Waals surface area contributed by atoms with E-state index in [0.29, 0.717) is 30.7 Å². The molecule has 0 atom stereocenters. The maximum Gasteiger partial charge on any atom is 0.152 e. The topological polar surface area (TPSA) is 48.1 Å². The summed E-state index contributed by atoms with van der Waals surface area (Å²) in [5.74, 6) is -1.33. The largest absolute Gasteiger partial charge is 0.398 e. The van der Waals surface area contributed by atoms with Crippen LogP contribution < -0.4 is 5.73 Å². The van der Waals surface area contributed by atoms with Crippen LogP contribution in [0.15, 0.2) is 12.1 Å². The number of anilines is 1. The van der Waals surface area contributed by atoms with Gasteiger partial charge in [0.05, 0.1) is 18.9 Å². The van der Waals surface area contributed by atoms with Crippen LogP contribution >= 0.6 is 0 Å². The molecule has 1 aromatic carbocycles. The van der Waals surface area contributed by atoms with Gasteiger partial charge >= 0.3 is 0 Å². The Hall–Kier alpha value is -1.75. The quantitative estimate of drug-likeness (QED) is 0.762. The molecule has 17 heavy (non-hydrogen) atoms. The van der Waals surface area contributed by atoms with Crippen LogP contribution in [0.3, 0.4) is 0 Å². The average molecular weight is 236 g/mol. The predicted octanol–water partition coefficient (Wildman–Crippen LogP) is 2.17. The smallest absolute Gasteiger partial charge is 0.152 e. The van der Waals surface area contributed by atoms with E-state index in [-0.39, 0.29) is 5.52 Å². The molecule has 0 bridgehead atoms. The van der Waals surface area contributed by atoms with Crippen LogP contribution in [-0.2, 0) is 17.8 Å². The van der Waals surface area contributed by atoms with E-state index in [9.17, 15) is 8.78 Å². The number of nitrogens with zero attached hydrogens (tertiary/aromatic N) is 1. The molecule has 2 N–H and O–H groups in total. The molecule has 3 nitrogen and oxygen atoms in total. The van der Waals surface area contributed by atoms with Gasteiger partial charge in [-0.2, -0.15) is 0 Å². The third-order valence-electron chi connectivity index (χ3n) is 2.97. The van der Waals surface area contributed by atoms with Gasteiger partial charge in [0, 0.05) is 29.1 Å². The van der Waals surface area contributed by atoms with Crippen molar-refractivity contribution in [2.45, 2.75) is 13.0 Å². The zero-order chi connectivity index (χ0) is 12.0. The number of nitrogens with two attached hydrogens (primary N) is 1. The number of halogens is 2. The van der Waals surface area contributed by atoms with Gasteiger partial charge in [-0.3, -0.25) is 0 Å². The van der Waals surface area contributed by atoms with Crippen LogP contribution in [0, 0.1) is 11.6 Å². The lowest BCUT2D eigenvalue weighted by atomic mass is 10.0. The van der Waals surface area contributed by atoms with Crippen LogP contribution in [0.1, 0.15) is 11.3 Å². The van der Waals surface area contributed by atoms with Crippen molar-refractivity contribution in [1.29, 1.82) is 0 Å². The zero-order valence-electron chi connectivity index (χ0n) is 8.96. The van der Waals surface area contributed by atoms with Gasteiger partial charge in [0.1, 0.15) is 11.3 Å². The maximum atomic E-state index is 13.6. The first kappa shape index (κ1) is 10.4. The highest BCUT2D eigenvalue weighted by molar-refractivity contribution is 5.92. The first-order valence-electron chi connectivity index (χ1n) is 5.30. The third-order valence-corrected chi connectivity index (χ3v) is 2.97. The predicted molar refractivity (Wildman–Crippen MR) is 59.4 cm³/mol. The zero-order valence-corrected chi connectivity index (χ0v) is 8.96. The maximum absolute atomic E-state index is 13.6. The highest BCUT2D eigenvalue weighted by Gasteiger charge is 2.19. The van der Waals surface area contributed by atoms with Crippen molar-refractivity contribution in [3.05, 3.63) is 35.0 Å². The van der Waals surface area contributed by atoms with Crippen molar-refractivity contribution < 1.29 is 13.5 Å². The summed E-state index contributed by atoms with van der Waals surface area (Å²) in [5, 5.41) is 0.312. The normalized spacial score (nSPS) is 14.9. The van der Waals surface area contributed by atoms with Gasteiger partial charge < -0.3 is 10.5 Å². The fourth-order valence-corrected chi connectivity index (χ4v) is 2.12. The summed E-state index contributed by atoms with van der Waals surface area (Å²) in [6.07, 6.45) is 0.603. The lowest BCUT2D eigenvalue weighted by molar-refractivity contribution is 0.110. The molecule has 2 heterocycles. The fraction of sp³-hybridized carbons (Fsp3) is 0.250. The summed E-state index contributed by atoms with van der Waals surface area (Å²) < 4.78 is 32.0. The summed E-state index contributed by atoms with van der Waals surface area (Å²) in [6.45, 7) is 0.899. The van der Waals surface area contributed by atoms with Crippen LogP contribution in [-0.4, -0.2) is 11.6 Å². The lowest BCUT2D eigenvalue weighted by Crippen LogP contribution is -2.14. The van der Waals surface area contributed by atoms with E-state index < -0.39 is 11.6 Å². The van der Waals surface area contributed by atoms with Crippen molar-refractivity contribution in [1.82, 2.24) is 4.98 Å². The minimum absolute atomic E-state index is 0.129. The molecular weight excluding hydrogens is 226 g/mol. The highest BCUT2D eigenvalue weighted by atomic mass is 19.1. The molecule has 0 saturated carbocycles. The van der Waals surface area contributed by atoms with Crippen LogP contribution in [0.2, 0.25) is 0 Å². The van der Waals surface area contributed by atoms with Crippen molar-refractivity contribution >= 4 is 16.6 Å². The molecule has 1 aromatic heterocycles. The van der Waals surface area contributed by atoms with Gasteiger partial charge in [-0.05, 0) is 6.07 Å². The molecule has 88 valence electrons. The Kier molecular flexibility index (Phi) is 2.22. The number of benzene rings is 1. The number of hydrogen-bond acceptors (Lipinski definition) is 3. The van der Waals surface area contributed by atoms with Crippen molar-refractivity contribution in [2.75, 3.05) is 12.3 Å². The van der Waals surface area contributed by atoms with Crippen LogP contribution in [0.5, 0.6) is 0 Å². The number of rotatable bonds is 0. The molecule has 0 fully saturated rings. The van der Waals surface area contributed by atoms with Crippen LogP contribution in [0.4, 0.5) is 14.5 Å². The Bertz CT molecular complexity index is 613. The number of ether oxygens (including phenoxy) is 1. The Morgan fingerprint density at radius 1 is 1.29 bits per heavy atom. The molecule has 0 amide bonds. The first-order chi connectivity index (χ1) is 8.16.